The molecule has 0 bridgehead atoms. The van der Waals surface area contributed by atoms with Crippen molar-refractivity contribution in [2.45, 2.75) is 172 Å². The number of aromatic amines is 5. The van der Waals surface area contributed by atoms with Crippen LogP contribution in [0.25, 0.3) is 54.5 Å². The van der Waals surface area contributed by atoms with Gasteiger partial charge in [-0.1, -0.05) is 97.3 Å². The normalized spacial score (nSPS) is 17.3. The molecule has 0 saturated carbocycles. The van der Waals surface area contributed by atoms with Crippen molar-refractivity contribution < 1.29 is 84.2 Å². The first-order valence-electron chi connectivity index (χ1n) is 45.5. The van der Waals surface area contributed by atoms with E-state index in [0.717, 1.165) is 53.7 Å². The number of alkyl halides is 8. The van der Waals surface area contributed by atoms with Crippen LogP contribution in [0.15, 0.2) is 133 Å². The third-order valence-corrected chi connectivity index (χ3v) is 28.4. The van der Waals surface area contributed by atoms with Crippen molar-refractivity contribution in [3.8, 4) is 12.5 Å². The maximum atomic E-state index is 15.2. The average Bonchev–Trinajstić information content (AvgIpc) is 1.65. The summed E-state index contributed by atoms with van der Waals surface area (Å²) in [6.45, 7) is 12.8. The molecule has 11 heterocycles. The quantitative estimate of drug-likeness (QED) is 0.0146. The van der Waals surface area contributed by atoms with Crippen molar-refractivity contribution >= 4 is 142 Å². The number of amides is 5. The molecule has 6 aromatic heterocycles. The Morgan fingerprint density at radius 1 is 0.446 bits per heavy atom. The van der Waals surface area contributed by atoms with Gasteiger partial charge in [-0.3, -0.25) is 44.9 Å². The standard InChI is InChI=1S/C23H23ClF3N3O2.C22H23ClF2N4O2.C19H24ClN5O.C17H20ClF2N3O2.C16H19ClF2N4O2/c1-13-8-14(2-3-19(13)25)9-20(31)30-6-4-16(5-7-30)23(26,27)22(32)18-11-17(24)10-15-12-28-29-21(15)18;1-13-8-14(2-5-26-13)9-19(30)29-6-3-16(4-7-29)22(24,25)21(31)18-11-17(23)10-15-12-27-28-20(15)18;1-4-22-18(21)25-7-5-13(6-8-25)19(2,3)17(26)15-10-14(20)9-12-11-23-24-16(12)15;1-2-14(24)23-5-3-11(4-6-23)17(19,20)16(25)13-8-12(18)7-10-9-21-22-15(10)13;1-20-15(25)23-4-2-10(3-5-23)16(18,19)14(24)12-7-11(17)6-9-8-21-22-13(9)12/h2-3,8,10-12,16,22,32H,4-7,9H2,1H3,(H,28,29);2,5,8,10-12,16,21,31H,3-4,6-7,9H2,1H3,(H,27,28);1,9-11,13,17,26H,5-8H2,2-3H3,(H2,21,22)(H,23,24);7-9,11,16,25H,2-6H2,1H3,(H,21,22);6-8,10,14,24H,2-5H2,1H3,(H,20,25)(H,21,22)/t22-;21-;;16-;14-/m11.11/s1. The van der Waals surface area contributed by atoms with Crippen molar-refractivity contribution in [2.24, 2.45) is 45.7 Å². The summed E-state index contributed by atoms with van der Waals surface area (Å²) in [4.78, 5) is 64.7. The molecule has 6 aromatic carbocycles. The number of likely N-dealkylation sites (tertiary alicyclic amines) is 5. The molecule has 5 atom stereocenters. The van der Waals surface area contributed by atoms with Crippen LogP contribution >= 0.6 is 58.0 Å². The van der Waals surface area contributed by atoms with Gasteiger partial charge in [-0.25, -0.2) is 44.3 Å². The van der Waals surface area contributed by atoms with Crippen LogP contribution in [0.1, 0.15) is 172 Å². The molecule has 744 valence electrons. The van der Waals surface area contributed by atoms with E-state index in [9.17, 15) is 66.7 Å². The summed E-state index contributed by atoms with van der Waals surface area (Å²) in [5.41, 5.74) is 11.4. The second-order valence-corrected chi connectivity index (χ2v) is 38.6. The number of aromatic nitrogens is 11. The lowest BCUT2D eigenvalue weighted by Gasteiger charge is -2.43. The summed E-state index contributed by atoms with van der Waals surface area (Å²) in [7, 11) is 1.50. The van der Waals surface area contributed by atoms with Crippen molar-refractivity contribution in [1.29, 1.82) is 0 Å². The summed E-state index contributed by atoms with van der Waals surface area (Å²) in [6, 6.07) is 25.4. The Hall–Kier alpha value is -11.1. The molecule has 0 spiro atoms. The van der Waals surface area contributed by atoms with Crippen LogP contribution in [0.4, 0.5) is 44.3 Å². The van der Waals surface area contributed by atoms with Gasteiger partial charge in [0.1, 0.15) is 30.2 Å². The lowest BCUT2D eigenvalue weighted by molar-refractivity contribution is -0.164. The maximum Gasteiger partial charge on any atom is 0.317 e. The van der Waals surface area contributed by atoms with Crippen molar-refractivity contribution in [2.75, 3.05) is 72.5 Å². The first-order chi connectivity index (χ1) is 65.9. The highest BCUT2D eigenvalue weighted by Gasteiger charge is 2.54. The molecular formula is C97H109Cl5F9N19O9. The smallest absolute Gasteiger partial charge is 0.317 e. The van der Waals surface area contributed by atoms with Crippen LogP contribution in [0.5, 0.6) is 0 Å². The largest absolute Gasteiger partial charge is 0.388 e. The predicted molar refractivity (Wildman–Crippen MR) is 513 cm³/mol. The molecule has 13 N–H and O–H groups in total. The van der Waals surface area contributed by atoms with E-state index >= 15 is 17.6 Å². The van der Waals surface area contributed by atoms with Crippen LogP contribution in [0.3, 0.4) is 0 Å². The fraction of sp³-hybridized carbons (Fsp3) is 0.454. The average molecular weight is 2030 g/mol. The summed E-state index contributed by atoms with van der Waals surface area (Å²) in [5, 5.41) is 93.5. The van der Waals surface area contributed by atoms with Gasteiger partial charge < -0.3 is 61.1 Å². The van der Waals surface area contributed by atoms with Gasteiger partial charge in [0.25, 0.3) is 23.7 Å². The third-order valence-electron chi connectivity index (χ3n) is 27.3. The second-order valence-electron chi connectivity index (χ2n) is 36.4. The fourth-order valence-corrected chi connectivity index (χ4v) is 20.3. The van der Waals surface area contributed by atoms with Crippen LogP contribution < -0.4 is 11.1 Å². The van der Waals surface area contributed by atoms with E-state index < -0.39 is 77.9 Å². The number of carbonyl (C=O) groups is 4. The molecule has 28 nitrogen and oxygen atoms in total. The number of benzene rings is 6. The third kappa shape index (κ3) is 24.1. The minimum absolute atomic E-state index is 0.000172. The molecule has 12 aromatic rings. The van der Waals surface area contributed by atoms with Gasteiger partial charge in [-0.05, 0) is 185 Å². The molecule has 0 aliphatic carbocycles. The highest BCUT2D eigenvalue weighted by molar-refractivity contribution is 6.33. The van der Waals surface area contributed by atoms with E-state index in [0.29, 0.717) is 78.1 Å². The Morgan fingerprint density at radius 2 is 0.734 bits per heavy atom. The number of aryl methyl sites for hydroxylation is 2. The summed E-state index contributed by atoms with van der Waals surface area (Å²) in [6.07, 6.45) is 9.04. The number of piperidine rings is 5. The minimum atomic E-state index is -3.41. The number of pyridine rings is 1. The van der Waals surface area contributed by atoms with Gasteiger partial charge in [0.15, 0.2) is 0 Å². The number of terminal acetylenes is 1. The zero-order valence-corrected chi connectivity index (χ0v) is 80.6. The second kappa shape index (κ2) is 44.8. The number of halogens is 14. The fourth-order valence-electron chi connectivity index (χ4n) is 19.1. The highest BCUT2D eigenvalue weighted by atomic mass is 35.5. The number of rotatable bonds is 20. The van der Waals surface area contributed by atoms with Crippen molar-refractivity contribution in [3.05, 3.63) is 209 Å². The molecule has 1 unspecified atom stereocenters. The number of fused-ring (bicyclic) bond motifs is 5. The molecule has 5 amide bonds. The number of nitrogens with two attached hydrogens (primary N) is 1. The zero-order valence-electron chi connectivity index (χ0n) is 76.8. The number of H-pyrrole nitrogens is 5. The number of guanidine groups is 1. The van der Waals surface area contributed by atoms with E-state index in [1.165, 1.54) is 67.1 Å². The summed E-state index contributed by atoms with van der Waals surface area (Å²) >= 11 is 30.3. The number of carbonyl (C=O) groups excluding carboxylic acids is 4. The van der Waals surface area contributed by atoms with Crippen molar-refractivity contribution in [3.63, 3.8) is 0 Å². The number of hydrogen-bond acceptors (Lipinski definition) is 16. The number of aliphatic imine (C=N–C) groups is 1. The molecule has 0 radical (unpaired) electrons. The molecule has 5 saturated heterocycles. The van der Waals surface area contributed by atoms with Crippen LogP contribution in [0.2, 0.25) is 25.1 Å². The van der Waals surface area contributed by atoms with Crippen molar-refractivity contribution in [1.82, 2.24) is 85.8 Å². The first kappa shape index (κ1) is 105. The lowest BCUT2D eigenvalue weighted by atomic mass is 9.68. The van der Waals surface area contributed by atoms with Gasteiger partial charge >= 0.3 is 6.03 Å². The van der Waals surface area contributed by atoms with Gasteiger partial charge in [0, 0.05) is 200 Å². The Bertz CT molecular complexity index is 6270. The SMILES string of the molecule is C#CN=C(N)N1CCC(C(C)(C)C(O)c2cc(Cl)cc3cn[nH]c23)CC1.CCC(=O)N1CCC(C(F)(F)[C@H](O)c2cc(Cl)cc3cn[nH]c23)CC1.CNC(=O)N1CCC(C(F)(F)[C@H](O)c2cc(Cl)cc3cn[nH]c23)CC1.Cc1cc(CC(=O)N2CCC(C(F)(F)[C@H](O)c3cc(Cl)cc4cn[nH]c34)CC2)ccc1F.Cc1cc(CC(=O)N2CCC(C(F)(F)[C@H](O)c3cc(Cl)cc4cn[nH]c34)CC2)ccn1. The Kier molecular flexibility index (Phi) is 34.0. The summed E-state index contributed by atoms with van der Waals surface area (Å²) in [5.74, 6) is -17.6. The molecule has 5 aliphatic heterocycles. The number of aliphatic hydroxyl groups excluding tert-OH is 5. The number of urea groups is 1. The van der Waals surface area contributed by atoms with Crippen LogP contribution in [-0.4, -0.2) is 232 Å². The van der Waals surface area contributed by atoms with E-state index in [2.05, 4.69) is 86.2 Å². The lowest BCUT2D eigenvalue weighted by Crippen LogP contribution is -2.47. The number of nitrogens with one attached hydrogen (secondary N) is 6. The van der Waals surface area contributed by atoms with Crippen LogP contribution in [0, 0.1) is 67.1 Å². The Morgan fingerprint density at radius 3 is 1.03 bits per heavy atom. The highest BCUT2D eigenvalue weighted by Crippen LogP contribution is 2.51. The number of hydrogen-bond donors (Lipinski definition) is 12. The molecule has 5 aliphatic rings. The molecule has 42 heteroatoms. The first-order valence-corrected chi connectivity index (χ1v) is 47.4. The molecule has 17 rings (SSSR count). The maximum absolute atomic E-state index is 15.2. The van der Waals surface area contributed by atoms with Gasteiger partial charge in [-0.15, -0.1) is 0 Å². The van der Waals surface area contributed by atoms with Gasteiger partial charge in [0.2, 0.25) is 23.7 Å². The number of aliphatic hydroxyl groups is 5. The molecular weight excluding hydrogens is 1920 g/mol. The predicted octanol–water partition coefficient (Wildman–Crippen LogP) is 18.2. The topological polar surface area (TPSA) is 392 Å². The molecule has 139 heavy (non-hydrogen) atoms. The van der Waals surface area contributed by atoms with E-state index in [4.69, 9.17) is 70.2 Å². The monoisotopic (exact) mass is 2030 g/mol. The van der Waals surface area contributed by atoms with E-state index in [1.807, 2.05) is 30.0 Å². The van der Waals surface area contributed by atoms with E-state index in [-0.39, 0.29) is 194 Å². The number of nitrogens with zero attached hydrogens (tertiary/aromatic N) is 12. The Labute approximate surface area is 819 Å². The van der Waals surface area contributed by atoms with Crippen LogP contribution in [-0.2, 0) is 27.2 Å². The van der Waals surface area contributed by atoms with E-state index in [1.54, 1.807) is 83.4 Å². The summed E-state index contributed by atoms with van der Waals surface area (Å²) < 4.78 is 134. The van der Waals surface area contributed by atoms with Gasteiger partial charge in [-0.2, -0.15) is 30.5 Å². The zero-order chi connectivity index (χ0) is 100. The minimum Gasteiger partial charge on any atom is -0.388 e. The molecule has 5 fully saturated rings. The van der Waals surface area contributed by atoms with Gasteiger partial charge in [0.05, 0.1) is 77.5 Å². The Balaban J connectivity index is 0.000000147.